The van der Waals surface area contributed by atoms with Gasteiger partial charge in [0.15, 0.2) is 5.96 Å². The van der Waals surface area contributed by atoms with Crippen LogP contribution in [0.15, 0.2) is 47.5 Å². The summed E-state index contributed by atoms with van der Waals surface area (Å²) in [5, 5.41) is 9.25. The van der Waals surface area contributed by atoms with Gasteiger partial charge in [-0.3, -0.25) is 4.99 Å². The van der Waals surface area contributed by atoms with Crippen molar-refractivity contribution >= 4 is 40.7 Å². The summed E-state index contributed by atoms with van der Waals surface area (Å²) in [5.74, 6) is 1.68. The second-order valence-electron chi connectivity index (χ2n) is 6.41. The van der Waals surface area contributed by atoms with Crippen LogP contribution in [-0.4, -0.2) is 32.8 Å². The van der Waals surface area contributed by atoms with Crippen molar-refractivity contribution in [3.63, 3.8) is 0 Å². The average molecular weight is 453 g/mol. The summed E-state index contributed by atoms with van der Waals surface area (Å²) < 4.78 is 5.64. The first-order valence-electron chi connectivity index (χ1n) is 8.85. The number of fused-ring (bicyclic) bond motifs is 1. The summed E-state index contributed by atoms with van der Waals surface area (Å²) in [7, 11) is 1.80. The summed E-state index contributed by atoms with van der Waals surface area (Å²) in [5.41, 5.74) is 1.25. The number of aliphatic imine (C=N–C) groups is 1. The first kappa shape index (κ1) is 20.0. The van der Waals surface area contributed by atoms with Crippen LogP contribution in [0.5, 0.6) is 0 Å². The molecule has 0 aliphatic heterocycles. The maximum atomic E-state index is 5.64. The third-order valence-corrected chi connectivity index (χ3v) is 4.31. The molecule has 2 aromatic carbocycles. The largest absolute Gasteiger partial charge is 0.381 e. The molecule has 0 bridgehead atoms. The Labute approximate surface area is 167 Å². The average Bonchev–Trinajstić information content (AvgIpc) is 3.44. The van der Waals surface area contributed by atoms with Crippen LogP contribution in [0.3, 0.4) is 0 Å². The smallest absolute Gasteiger partial charge is 0.191 e. The lowest BCUT2D eigenvalue weighted by atomic mass is 10.1. The molecule has 0 atom stereocenters. The number of nitrogens with zero attached hydrogens (tertiary/aromatic N) is 1. The fraction of sp³-hybridized carbons (Fsp3) is 0.450. The Hall–Kier alpha value is -1.34. The molecule has 25 heavy (non-hydrogen) atoms. The quantitative estimate of drug-likeness (QED) is 0.276. The highest BCUT2D eigenvalue weighted by Crippen LogP contribution is 2.28. The highest BCUT2D eigenvalue weighted by atomic mass is 127. The molecule has 0 heterocycles. The lowest BCUT2D eigenvalue weighted by Crippen LogP contribution is -2.37. The molecule has 1 saturated carbocycles. The summed E-state index contributed by atoms with van der Waals surface area (Å²) >= 11 is 0. The number of nitrogens with one attached hydrogen (secondary N) is 2. The van der Waals surface area contributed by atoms with Gasteiger partial charge in [0.25, 0.3) is 0 Å². The summed E-state index contributed by atoms with van der Waals surface area (Å²) in [6, 6.07) is 15.0. The van der Waals surface area contributed by atoms with E-state index >= 15 is 0 Å². The Morgan fingerprint density at radius 3 is 2.68 bits per heavy atom. The second-order valence-corrected chi connectivity index (χ2v) is 6.41. The molecule has 1 fully saturated rings. The Morgan fingerprint density at radius 1 is 1.12 bits per heavy atom. The minimum atomic E-state index is 0. The monoisotopic (exact) mass is 453 g/mol. The minimum Gasteiger partial charge on any atom is -0.381 e. The van der Waals surface area contributed by atoms with Crippen LogP contribution in [0.25, 0.3) is 10.8 Å². The van der Waals surface area contributed by atoms with Crippen molar-refractivity contribution in [1.29, 1.82) is 0 Å². The van der Waals surface area contributed by atoms with Crippen molar-refractivity contribution in [2.75, 3.05) is 26.8 Å². The summed E-state index contributed by atoms with van der Waals surface area (Å²) in [4.78, 5) is 4.28. The third kappa shape index (κ3) is 6.82. The zero-order chi connectivity index (χ0) is 16.6. The summed E-state index contributed by atoms with van der Waals surface area (Å²) in [6.45, 7) is 3.41. The van der Waals surface area contributed by atoms with Crippen LogP contribution in [0.4, 0.5) is 0 Å². The van der Waals surface area contributed by atoms with Gasteiger partial charge in [-0.15, -0.1) is 24.0 Å². The van der Waals surface area contributed by atoms with E-state index < -0.39 is 0 Å². The van der Waals surface area contributed by atoms with Gasteiger partial charge < -0.3 is 15.4 Å². The van der Waals surface area contributed by atoms with Gasteiger partial charge in [-0.1, -0.05) is 36.4 Å². The van der Waals surface area contributed by atoms with Crippen molar-refractivity contribution in [2.24, 2.45) is 10.9 Å². The van der Waals surface area contributed by atoms with E-state index in [1.54, 1.807) is 7.05 Å². The lowest BCUT2D eigenvalue weighted by Gasteiger charge is -2.12. The maximum Gasteiger partial charge on any atom is 0.191 e. The standard InChI is InChI=1S/C20H27N3O.HI/c1-21-20(22-11-4-12-24-15-16-7-8-16)23-14-17-9-10-18-5-2-3-6-19(18)13-17;/h2-3,5-6,9-10,13,16H,4,7-8,11-12,14-15H2,1H3,(H2,21,22,23);1H. The third-order valence-electron chi connectivity index (χ3n) is 4.31. The van der Waals surface area contributed by atoms with Crippen molar-refractivity contribution < 1.29 is 4.74 Å². The maximum absolute atomic E-state index is 5.64. The molecule has 0 unspecified atom stereocenters. The van der Waals surface area contributed by atoms with E-state index in [4.69, 9.17) is 4.74 Å². The van der Waals surface area contributed by atoms with Crippen LogP contribution in [0.2, 0.25) is 0 Å². The molecule has 1 aliphatic carbocycles. The van der Waals surface area contributed by atoms with Crippen LogP contribution < -0.4 is 10.6 Å². The molecule has 0 radical (unpaired) electrons. The predicted octanol–water partition coefficient (Wildman–Crippen LogP) is 3.94. The predicted molar refractivity (Wildman–Crippen MR) is 116 cm³/mol. The Bertz CT molecular complexity index is 685. The summed E-state index contributed by atoms with van der Waals surface area (Å²) in [6.07, 6.45) is 3.70. The normalized spacial score (nSPS) is 14.2. The van der Waals surface area contributed by atoms with E-state index in [2.05, 4.69) is 58.1 Å². The fourth-order valence-corrected chi connectivity index (χ4v) is 2.67. The SMILES string of the molecule is CN=C(NCCCOCC1CC1)NCc1ccc2ccccc2c1.I. The number of benzene rings is 2. The molecule has 0 amide bonds. The van der Waals surface area contributed by atoms with Gasteiger partial charge in [-0.25, -0.2) is 0 Å². The van der Waals surface area contributed by atoms with E-state index in [-0.39, 0.29) is 24.0 Å². The van der Waals surface area contributed by atoms with Gasteiger partial charge >= 0.3 is 0 Å². The van der Waals surface area contributed by atoms with E-state index in [0.29, 0.717) is 0 Å². The number of rotatable bonds is 8. The van der Waals surface area contributed by atoms with Crippen LogP contribution in [0, 0.1) is 5.92 Å². The molecular formula is C20H28IN3O. The van der Waals surface area contributed by atoms with E-state index in [0.717, 1.165) is 44.6 Å². The Balaban J connectivity index is 0.00000225. The molecule has 3 rings (SSSR count). The fourth-order valence-electron chi connectivity index (χ4n) is 2.67. The molecule has 4 nitrogen and oxygen atoms in total. The van der Waals surface area contributed by atoms with Crippen molar-refractivity contribution in [2.45, 2.75) is 25.8 Å². The van der Waals surface area contributed by atoms with Crippen molar-refractivity contribution in [3.05, 3.63) is 48.0 Å². The first-order valence-corrected chi connectivity index (χ1v) is 8.85. The molecular weight excluding hydrogens is 425 g/mol. The molecule has 0 aromatic heterocycles. The van der Waals surface area contributed by atoms with Gasteiger partial charge in [0.1, 0.15) is 0 Å². The molecule has 136 valence electrons. The van der Waals surface area contributed by atoms with E-state index in [1.165, 1.54) is 29.2 Å². The Morgan fingerprint density at radius 2 is 1.92 bits per heavy atom. The number of hydrogen-bond acceptors (Lipinski definition) is 2. The number of ether oxygens (including phenoxy) is 1. The van der Waals surface area contributed by atoms with E-state index in [1.807, 2.05) is 0 Å². The number of guanidine groups is 1. The van der Waals surface area contributed by atoms with E-state index in [9.17, 15) is 0 Å². The first-order chi connectivity index (χ1) is 11.8. The van der Waals surface area contributed by atoms with Gasteiger partial charge in [-0.2, -0.15) is 0 Å². The topological polar surface area (TPSA) is 45.7 Å². The number of halogens is 1. The highest BCUT2D eigenvalue weighted by Gasteiger charge is 2.20. The molecule has 2 N–H and O–H groups in total. The molecule has 0 spiro atoms. The van der Waals surface area contributed by atoms with Crippen molar-refractivity contribution in [3.8, 4) is 0 Å². The van der Waals surface area contributed by atoms with Crippen LogP contribution in [-0.2, 0) is 11.3 Å². The zero-order valence-electron chi connectivity index (χ0n) is 14.8. The molecule has 1 aliphatic rings. The zero-order valence-corrected chi connectivity index (χ0v) is 17.2. The molecule has 0 saturated heterocycles. The van der Waals surface area contributed by atoms with Crippen molar-refractivity contribution in [1.82, 2.24) is 10.6 Å². The second kappa shape index (κ2) is 10.6. The van der Waals surface area contributed by atoms with Gasteiger partial charge in [-0.05, 0) is 47.6 Å². The highest BCUT2D eigenvalue weighted by molar-refractivity contribution is 14.0. The molecule has 2 aromatic rings. The Kier molecular flexibility index (Phi) is 8.48. The van der Waals surface area contributed by atoms with Gasteiger partial charge in [0, 0.05) is 33.4 Å². The number of hydrogen-bond donors (Lipinski definition) is 2. The van der Waals surface area contributed by atoms with Gasteiger partial charge in [0.2, 0.25) is 0 Å². The minimum absolute atomic E-state index is 0. The van der Waals surface area contributed by atoms with Gasteiger partial charge in [0.05, 0.1) is 0 Å². The molecule has 5 heteroatoms. The van der Waals surface area contributed by atoms with Crippen LogP contribution >= 0.6 is 24.0 Å². The lowest BCUT2D eigenvalue weighted by molar-refractivity contribution is 0.123. The van der Waals surface area contributed by atoms with Crippen LogP contribution in [0.1, 0.15) is 24.8 Å².